The third-order valence-corrected chi connectivity index (χ3v) is 11.0. The maximum absolute atomic E-state index is 9.82. The molecule has 0 unspecified atom stereocenters. The van der Waals surface area contributed by atoms with Gasteiger partial charge in [-0.15, -0.1) is 6.58 Å². The van der Waals surface area contributed by atoms with E-state index in [2.05, 4.69) is 35.3 Å². The van der Waals surface area contributed by atoms with Crippen LogP contribution in [0.2, 0.25) is 0 Å². The van der Waals surface area contributed by atoms with Crippen LogP contribution in [0.1, 0.15) is 82.9 Å². The van der Waals surface area contributed by atoms with E-state index in [9.17, 15) is 10.2 Å². The average molecular weight is 706 g/mol. The Morgan fingerprint density at radius 3 is 2.54 bits per heavy atom. The number of aryl methyl sites for hydroxylation is 1. The van der Waals surface area contributed by atoms with E-state index in [1.165, 1.54) is 0 Å². The number of rotatable bonds is 19. The molecule has 1 aromatic heterocycles. The van der Waals surface area contributed by atoms with Crippen molar-refractivity contribution in [2.75, 3.05) is 32.2 Å². The van der Waals surface area contributed by atoms with Crippen LogP contribution in [0, 0.1) is 17.8 Å². The number of fused-ring (bicyclic) bond motifs is 2. The Balaban J connectivity index is 1.69. The molecule has 5 rings (SSSR count). The van der Waals surface area contributed by atoms with Crippen molar-refractivity contribution < 1.29 is 29.3 Å². The van der Waals surface area contributed by atoms with Crippen LogP contribution in [0.5, 0.6) is 11.5 Å². The number of aromatic nitrogens is 2. The van der Waals surface area contributed by atoms with Crippen LogP contribution in [0.15, 0.2) is 78.9 Å². The molecular formula is C40H55N3O6S. The van der Waals surface area contributed by atoms with Crippen molar-refractivity contribution in [2.45, 2.75) is 94.7 Å². The van der Waals surface area contributed by atoms with Gasteiger partial charge in [-0.05, 0) is 87.8 Å². The molecule has 3 aliphatic rings. The second-order valence-corrected chi connectivity index (χ2v) is 15.7. The third-order valence-electron chi connectivity index (χ3n) is 9.71. The van der Waals surface area contributed by atoms with Gasteiger partial charge in [0.25, 0.3) is 0 Å². The summed E-state index contributed by atoms with van der Waals surface area (Å²) in [5.41, 5.74) is 3.61. The molecule has 2 aliphatic carbocycles. The molecular weight excluding hydrogens is 651 g/mol. The lowest BCUT2D eigenvalue weighted by Crippen LogP contribution is -2.64. The Labute approximate surface area is 302 Å². The fourth-order valence-corrected chi connectivity index (χ4v) is 9.06. The fourth-order valence-electron chi connectivity index (χ4n) is 7.68. The van der Waals surface area contributed by atoms with E-state index in [-0.39, 0.29) is 42.1 Å². The third kappa shape index (κ3) is 8.99. The van der Waals surface area contributed by atoms with Gasteiger partial charge in [-0.3, -0.25) is 9.97 Å². The van der Waals surface area contributed by atoms with Crippen molar-refractivity contribution in [2.24, 2.45) is 22.9 Å². The van der Waals surface area contributed by atoms with Gasteiger partial charge in [0.2, 0.25) is 5.79 Å². The first-order valence-electron chi connectivity index (χ1n) is 18.1. The van der Waals surface area contributed by atoms with E-state index in [0.717, 1.165) is 84.7 Å². The van der Waals surface area contributed by atoms with Gasteiger partial charge < -0.3 is 29.3 Å². The summed E-state index contributed by atoms with van der Waals surface area (Å²) >= 11 is 1.82. The Morgan fingerprint density at radius 1 is 1.06 bits per heavy atom. The highest BCUT2D eigenvalue weighted by molar-refractivity contribution is 8.00. The first kappa shape index (κ1) is 38.1. The Hall–Kier alpha value is -3.18. The van der Waals surface area contributed by atoms with Crippen LogP contribution >= 0.6 is 11.8 Å². The van der Waals surface area contributed by atoms with Crippen molar-refractivity contribution in [3.05, 3.63) is 85.0 Å². The van der Waals surface area contributed by atoms with Gasteiger partial charge in [0.1, 0.15) is 23.7 Å². The minimum absolute atomic E-state index is 0.0110. The molecule has 6 atom stereocenters. The van der Waals surface area contributed by atoms with Gasteiger partial charge >= 0.3 is 0 Å². The summed E-state index contributed by atoms with van der Waals surface area (Å²) in [4.78, 5) is 15.0. The molecule has 0 radical (unpaired) electrons. The number of hydrogen-bond donors (Lipinski definition) is 2. The topological polar surface area (TPSA) is 116 Å². The summed E-state index contributed by atoms with van der Waals surface area (Å²) in [5, 5.41) is 24.3. The van der Waals surface area contributed by atoms with Crippen LogP contribution in [0.25, 0.3) is 0 Å². The number of hydrogen-bond acceptors (Lipinski definition) is 10. The molecule has 50 heavy (non-hydrogen) atoms. The molecule has 272 valence electrons. The number of nitrogens with zero attached hydrogens (tertiary/aromatic N) is 3. The van der Waals surface area contributed by atoms with Crippen molar-refractivity contribution >= 4 is 17.5 Å². The summed E-state index contributed by atoms with van der Waals surface area (Å²) in [6.07, 6.45) is 17.7. The van der Waals surface area contributed by atoms with Crippen LogP contribution in [0.3, 0.4) is 0 Å². The first-order chi connectivity index (χ1) is 24.2. The van der Waals surface area contributed by atoms with E-state index in [4.69, 9.17) is 24.2 Å². The standard InChI is InChI=1S/C40H55N3O6S/c1-6-21-46-30-14-15-35-33(25-30)37-31(13-9-11-20-45)28(12-8-10-19-44)24-32-34(43-49-39(3,4)5)26-36(40(48-35,38(32)37)47-22-7-2)50-23-16-29-27-41-17-18-42-29/h6-7,14-15,17-18,24-25,27-28,31,36-38,44-45H,1-2,8-13,16,19-23,26H2,3-5H3/t28-,31+,36-,37+,38+,40+/m0/s1. The van der Waals surface area contributed by atoms with Crippen LogP contribution < -0.4 is 9.47 Å². The number of allylic oxidation sites excluding steroid dienone is 1. The monoisotopic (exact) mass is 705 g/mol. The van der Waals surface area contributed by atoms with Crippen LogP contribution in [-0.4, -0.2) is 74.7 Å². The zero-order valence-electron chi connectivity index (χ0n) is 30.0. The second-order valence-electron chi connectivity index (χ2n) is 14.4. The van der Waals surface area contributed by atoms with E-state index in [0.29, 0.717) is 19.6 Å². The fraction of sp³-hybridized carbons (Fsp3) is 0.575. The summed E-state index contributed by atoms with van der Waals surface area (Å²) in [6, 6.07) is 6.13. The molecule has 0 spiro atoms. The lowest BCUT2D eigenvalue weighted by atomic mass is 9.56. The molecule has 1 aromatic carbocycles. The number of aliphatic hydroxyl groups excluding tert-OH is 2. The van der Waals surface area contributed by atoms with Crippen molar-refractivity contribution in [1.82, 2.24) is 9.97 Å². The number of benzene rings is 1. The van der Waals surface area contributed by atoms with Gasteiger partial charge in [0.15, 0.2) is 0 Å². The molecule has 2 heterocycles. The van der Waals surface area contributed by atoms with E-state index in [1.807, 2.05) is 50.9 Å². The summed E-state index contributed by atoms with van der Waals surface area (Å²) in [6.45, 7) is 15.0. The highest BCUT2D eigenvalue weighted by atomic mass is 32.2. The SMILES string of the molecule is C=CCOc1ccc2c(c1)[C@H]1[C@H](CCCCO)[C@@H](CCCCO)C=C3C(=NOC(C)(C)C)C[C@H](SCCc4cnccn4)[C@@](OCC=C)(O2)[C@H]31. The normalized spacial score (nSPS) is 26.3. The molecule has 0 bridgehead atoms. The molecule has 2 aromatic rings. The Bertz CT molecular complexity index is 1480. The largest absolute Gasteiger partial charge is 0.490 e. The number of ether oxygens (including phenoxy) is 3. The van der Waals surface area contributed by atoms with E-state index < -0.39 is 11.4 Å². The van der Waals surface area contributed by atoms with Crippen molar-refractivity contribution in [3.63, 3.8) is 0 Å². The predicted octanol–water partition coefficient (Wildman–Crippen LogP) is 7.45. The van der Waals surface area contributed by atoms with Crippen LogP contribution in [0.4, 0.5) is 0 Å². The molecule has 2 N–H and O–H groups in total. The molecule has 1 saturated carbocycles. The molecule has 10 heteroatoms. The highest BCUT2D eigenvalue weighted by Crippen LogP contribution is 2.62. The van der Waals surface area contributed by atoms with Gasteiger partial charge in [-0.25, -0.2) is 0 Å². The molecule has 0 amide bonds. The maximum atomic E-state index is 9.82. The highest BCUT2D eigenvalue weighted by Gasteiger charge is 2.64. The number of aliphatic hydroxyl groups is 2. The number of unbranched alkanes of at least 4 members (excludes halogenated alkanes) is 2. The van der Waals surface area contributed by atoms with Gasteiger partial charge in [-0.1, -0.05) is 42.8 Å². The molecule has 9 nitrogen and oxygen atoms in total. The minimum atomic E-state index is -1.01. The summed E-state index contributed by atoms with van der Waals surface area (Å²) in [7, 11) is 0. The predicted molar refractivity (Wildman–Crippen MR) is 200 cm³/mol. The zero-order valence-corrected chi connectivity index (χ0v) is 30.8. The van der Waals surface area contributed by atoms with Crippen molar-refractivity contribution in [3.8, 4) is 11.5 Å². The lowest BCUT2D eigenvalue weighted by molar-refractivity contribution is -0.223. The van der Waals surface area contributed by atoms with Crippen LogP contribution in [-0.2, 0) is 16.0 Å². The molecule has 0 saturated heterocycles. The van der Waals surface area contributed by atoms with Crippen molar-refractivity contribution in [1.29, 1.82) is 0 Å². The van der Waals surface area contributed by atoms with Gasteiger partial charge in [0.05, 0.1) is 29.2 Å². The maximum Gasteiger partial charge on any atom is 0.230 e. The number of oxime groups is 1. The minimum Gasteiger partial charge on any atom is -0.490 e. The average Bonchev–Trinajstić information content (AvgIpc) is 3.11. The van der Waals surface area contributed by atoms with Gasteiger partial charge in [-0.2, -0.15) is 11.8 Å². The van der Waals surface area contributed by atoms with Gasteiger partial charge in [0, 0.05) is 56.1 Å². The molecule has 1 aliphatic heterocycles. The zero-order chi connectivity index (χ0) is 35.6. The first-order valence-corrected chi connectivity index (χ1v) is 19.2. The summed E-state index contributed by atoms with van der Waals surface area (Å²) in [5.74, 6) is 1.61. The lowest BCUT2D eigenvalue weighted by Gasteiger charge is -2.58. The smallest absolute Gasteiger partial charge is 0.230 e. The Morgan fingerprint density at radius 2 is 1.84 bits per heavy atom. The van der Waals surface area contributed by atoms with E-state index in [1.54, 1.807) is 24.5 Å². The quantitative estimate of drug-likeness (QED) is 0.0874. The molecule has 1 fully saturated rings. The summed E-state index contributed by atoms with van der Waals surface area (Å²) < 4.78 is 20.3. The Kier molecular flexibility index (Phi) is 13.6. The number of thioether (sulfide) groups is 1. The van der Waals surface area contributed by atoms with E-state index >= 15 is 0 Å². The second kappa shape index (κ2) is 17.8.